The van der Waals surface area contributed by atoms with Gasteiger partial charge in [-0.15, -0.1) is 0 Å². The van der Waals surface area contributed by atoms with Gasteiger partial charge >= 0.3 is 0 Å². The second-order valence-electron chi connectivity index (χ2n) is 6.89. The average molecular weight is 399 g/mol. The Bertz CT molecular complexity index is 972. The molecule has 0 radical (unpaired) electrons. The van der Waals surface area contributed by atoms with Gasteiger partial charge in [0.05, 0.1) is 21.4 Å². The topological polar surface area (TPSA) is 32.3 Å². The number of fused-ring (bicyclic) bond motifs is 1. The molecule has 0 saturated carbocycles. The summed E-state index contributed by atoms with van der Waals surface area (Å²) in [6.07, 6.45) is 0. The molecule has 0 N–H and O–H groups in total. The van der Waals surface area contributed by atoms with Gasteiger partial charge in [-0.25, -0.2) is 0 Å². The minimum Gasteiger partial charge on any atom is -0.340 e. The van der Waals surface area contributed by atoms with Crippen LogP contribution in [0.15, 0.2) is 48.5 Å². The molecule has 4 nitrogen and oxygen atoms in total. The van der Waals surface area contributed by atoms with Crippen molar-refractivity contribution in [1.82, 2.24) is 15.1 Å². The molecule has 0 fully saturated rings. The Morgan fingerprint density at radius 1 is 0.889 bits per heavy atom. The van der Waals surface area contributed by atoms with E-state index in [-0.39, 0.29) is 0 Å². The number of aromatic nitrogens is 2. The first-order valence-corrected chi connectivity index (χ1v) is 9.61. The molecule has 0 bridgehead atoms. The Morgan fingerprint density at radius 2 is 1.74 bits per heavy atom. The summed E-state index contributed by atoms with van der Waals surface area (Å²) in [5.74, 6) is 0. The highest BCUT2D eigenvalue weighted by atomic mass is 35.5. The molecule has 2 heterocycles. The molecule has 138 valence electrons. The molecule has 0 amide bonds. The molecular formula is C21H20Cl2N4. The summed E-state index contributed by atoms with van der Waals surface area (Å²) in [5, 5.41) is 9.65. The molecule has 2 aromatic carbocycles. The minimum absolute atomic E-state index is 0.569. The Kier molecular flexibility index (Phi) is 5.04. The van der Waals surface area contributed by atoms with E-state index in [1.165, 1.54) is 11.3 Å². The number of hydrogen-bond donors (Lipinski definition) is 0. The van der Waals surface area contributed by atoms with E-state index in [9.17, 15) is 0 Å². The van der Waals surface area contributed by atoms with Crippen LogP contribution in [0, 0.1) is 6.92 Å². The van der Waals surface area contributed by atoms with Crippen molar-refractivity contribution >= 4 is 34.6 Å². The zero-order valence-electron chi connectivity index (χ0n) is 15.3. The fraction of sp³-hybridized carbons (Fsp3) is 0.238. The van der Waals surface area contributed by atoms with Crippen LogP contribution in [0.1, 0.15) is 11.3 Å². The largest absolute Gasteiger partial charge is 0.340 e. The van der Waals surface area contributed by atoms with E-state index in [0.717, 1.165) is 42.3 Å². The number of nitrogens with zero attached hydrogens (tertiary/aromatic N) is 4. The molecule has 0 aliphatic carbocycles. The zero-order chi connectivity index (χ0) is 19.0. The van der Waals surface area contributed by atoms with Crippen LogP contribution in [0.25, 0.3) is 11.3 Å². The zero-order valence-corrected chi connectivity index (χ0v) is 16.8. The van der Waals surface area contributed by atoms with Crippen LogP contribution in [-0.2, 0) is 6.54 Å². The lowest BCUT2D eigenvalue weighted by molar-refractivity contribution is 0.343. The third kappa shape index (κ3) is 3.79. The normalized spacial score (nSPS) is 14.7. The molecule has 0 spiro atoms. The molecule has 1 aromatic heterocycles. The predicted molar refractivity (Wildman–Crippen MR) is 112 cm³/mol. The highest BCUT2D eigenvalue weighted by Gasteiger charge is 2.20. The van der Waals surface area contributed by atoms with E-state index in [1.54, 1.807) is 0 Å². The summed E-state index contributed by atoms with van der Waals surface area (Å²) in [6.45, 7) is 4.65. The van der Waals surface area contributed by atoms with Gasteiger partial charge < -0.3 is 9.80 Å². The third-order valence-electron chi connectivity index (χ3n) is 4.82. The summed E-state index contributed by atoms with van der Waals surface area (Å²) in [7, 11) is 2.14. The number of aryl methyl sites for hydroxylation is 1. The summed E-state index contributed by atoms with van der Waals surface area (Å²) in [4.78, 5) is 4.62. The van der Waals surface area contributed by atoms with Crippen LogP contribution in [0.4, 0.5) is 11.4 Å². The van der Waals surface area contributed by atoms with Crippen molar-refractivity contribution in [2.45, 2.75) is 13.5 Å². The third-order valence-corrected chi connectivity index (χ3v) is 5.56. The molecular weight excluding hydrogens is 379 g/mol. The first kappa shape index (κ1) is 18.2. The lowest BCUT2D eigenvalue weighted by Gasteiger charge is -2.25. The number of anilines is 2. The molecule has 4 rings (SSSR count). The minimum atomic E-state index is 0.569. The number of rotatable bonds is 2. The maximum absolute atomic E-state index is 6.26. The van der Waals surface area contributed by atoms with Crippen molar-refractivity contribution in [2.24, 2.45) is 0 Å². The highest BCUT2D eigenvalue weighted by Crippen LogP contribution is 2.36. The van der Waals surface area contributed by atoms with Crippen LogP contribution in [0.3, 0.4) is 0 Å². The van der Waals surface area contributed by atoms with E-state index in [2.05, 4.69) is 45.2 Å². The molecule has 1 aliphatic heterocycles. The Morgan fingerprint density at radius 3 is 2.48 bits per heavy atom. The van der Waals surface area contributed by atoms with Gasteiger partial charge in [0.25, 0.3) is 0 Å². The van der Waals surface area contributed by atoms with Gasteiger partial charge in [-0.3, -0.25) is 0 Å². The van der Waals surface area contributed by atoms with Gasteiger partial charge in [-0.2, -0.15) is 10.2 Å². The van der Waals surface area contributed by atoms with Crippen LogP contribution in [-0.4, -0.2) is 35.2 Å². The number of benzene rings is 2. The second-order valence-corrected chi connectivity index (χ2v) is 7.71. The van der Waals surface area contributed by atoms with Gasteiger partial charge in [0, 0.05) is 36.6 Å². The number of halogens is 2. The predicted octanol–water partition coefficient (Wildman–Crippen LogP) is 5.34. The summed E-state index contributed by atoms with van der Waals surface area (Å²) in [5.41, 5.74) is 6.35. The summed E-state index contributed by atoms with van der Waals surface area (Å²) < 4.78 is 0. The molecule has 6 heteroatoms. The van der Waals surface area contributed by atoms with Gasteiger partial charge in [0.2, 0.25) is 0 Å². The first-order valence-electron chi connectivity index (χ1n) is 8.86. The Balaban J connectivity index is 1.77. The smallest absolute Gasteiger partial charge is 0.0929 e. The van der Waals surface area contributed by atoms with Crippen molar-refractivity contribution in [3.63, 3.8) is 0 Å². The van der Waals surface area contributed by atoms with Crippen molar-refractivity contribution < 1.29 is 0 Å². The fourth-order valence-corrected chi connectivity index (χ4v) is 3.66. The van der Waals surface area contributed by atoms with E-state index in [0.29, 0.717) is 10.0 Å². The Labute approximate surface area is 169 Å². The molecule has 0 unspecified atom stereocenters. The van der Waals surface area contributed by atoms with E-state index in [1.807, 2.05) is 37.3 Å². The molecule has 3 aromatic rings. The van der Waals surface area contributed by atoms with Crippen LogP contribution < -0.4 is 4.90 Å². The van der Waals surface area contributed by atoms with Gasteiger partial charge in [0.1, 0.15) is 0 Å². The summed E-state index contributed by atoms with van der Waals surface area (Å²) in [6, 6.07) is 16.3. The van der Waals surface area contributed by atoms with Crippen molar-refractivity contribution in [3.8, 4) is 11.3 Å². The van der Waals surface area contributed by atoms with Crippen LogP contribution >= 0.6 is 23.2 Å². The van der Waals surface area contributed by atoms with Gasteiger partial charge in [-0.1, -0.05) is 29.3 Å². The lowest BCUT2D eigenvalue weighted by atomic mass is 10.0. The summed E-state index contributed by atoms with van der Waals surface area (Å²) >= 11 is 12.4. The molecule has 27 heavy (non-hydrogen) atoms. The van der Waals surface area contributed by atoms with E-state index >= 15 is 0 Å². The van der Waals surface area contributed by atoms with E-state index < -0.39 is 0 Å². The fourth-order valence-electron chi connectivity index (χ4n) is 3.37. The van der Waals surface area contributed by atoms with Gasteiger partial charge in [0.15, 0.2) is 0 Å². The highest BCUT2D eigenvalue weighted by molar-refractivity contribution is 6.42. The quantitative estimate of drug-likeness (QED) is 0.582. The number of likely N-dealkylation sites (N-methyl/N-ethyl adjacent to an activating group) is 1. The maximum atomic E-state index is 6.26. The van der Waals surface area contributed by atoms with Crippen molar-refractivity contribution in [2.75, 3.05) is 25.0 Å². The maximum Gasteiger partial charge on any atom is 0.0929 e. The SMILES string of the molecule is Cc1ccc(-c2ccc3c(c2)CN(C)CCN3c2ccc(Cl)c(Cl)c2)nn1. The second kappa shape index (κ2) is 7.47. The van der Waals surface area contributed by atoms with Gasteiger partial charge in [-0.05, 0) is 62.0 Å². The van der Waals surface area contributed by atoms with Crippen molar-refractivity contribution in [1.29, 1.82) is 0 Å². The van der Waals surface area contributed by atoms with Crippen LogP contribution in [0.2, 0.25) is 10.0 Å². The van der Waals surface area contributed by atoms with Crippen LogP contribution in [0.5, 0.6) is 0 Å². The number of hydrogen-bond acceptors (Lipinski definition) is 4. The first-order chi connectivity index (χ1) is 13.0. The lowest BCUT2D eigenvalue weighted by Crippen LogP contribution is -2.26. The standard InChI is InChI=1S/C21H20Cl2N4/c1-14-3-7-20(25-24-14)15-4-8-21-16(11-15)13-26(2)9-10-27(21)17-5-6-18(22)19(23)12-17/h3-8,11-12H,9-10,13H2,1-2H3. The average Bonchev–Trinajstić information content (AvgIpc) is 2.82. The molecule has 1 aliphatic rings. The van der Waals surface area contributed by atoms with Crippen molar-refractivity contribution in [3.05, 3.63) is 69.8 Å². The molecule has 0 saturated heterocycles. The molecule has 0 atom stereocenters. The Hall–Kier alpha value is -2.14. The monoisotopic (exact) mass is 398 g/mol. The van der Waals surface area contributed by atoms with E-state index in [4.69, 9.17) is 23.2 Å².